The summed E-state index contributed by atoms with van der Waals surface area (Å²) in [7, 11) is 0. The molecule has 0 unspecified atom stereocenters. The molecule has 2 aromatic rings. The summed E-state index contributed by atoms with van der Waals surface area (Å²) < 4.78 is 0. The van der Waals surface area contributed by atoms with Gasteiger partial charge in [-0.25, -0.2) is 0 Å². The fraction of sp³-hybridized carbons (Fsp3) is 0.312. The molecule has 1 amide bonds. The Hall–Kier alpha value is -2.21. The van der Waals surface area contributed by atoms with Gasteiger partial charge >= 0.3 is 0 Å². The van der Waals surface area contributed by atoms with E-state index in [-0.39, 0.29) is 17.6 Å². The quantitative estimate of drug-likeness (QED) is 0.636. The Morgan fingerprint density at radius 3 is 2.91 bits per heavy atom. The van der Waals surface area contributed by atoms with E-state index in [9.17, 15) is 14.9 Å². The Bertz CT molecular complexity index is 712. The molecule has 114 valence electrons. The first kappa shape index (κ1) is 14.7. The van der Waals surface area contributed by atoms with Crippen molar-refractivity contribution in [3.63, 3.8) is 0 Å². The van der Waals surface area contributed by atoms with Crippen molar-refractivity contribution in [1.82, 2.24) is 4.90 Å². The van der Waals surface area contributed by atoms with Crippen LogP contribution in [0.5, 0.6) is 0 Å². The zero-order chi connectivity index (χ0) is 15.7. The molecule has 1 aliphatic heterocycles. The topological polar surface area (TPSA) is 63.5 Å². The van der Waals surface area contributed by atoms with Crippen LogP contribution in [0.2, 0.25) is 0 Å². The molecule has 1 aromatic carbocycles. The van der Waals surface area contributed by atoms with E-state index in [1.807, 2.05) is 22.4 Å². The molecule has 1 aromatic heterocycles. The van der Waals surface area contributed by atoms with Crippen molar-refractivity contribution in [1.29, 1.82) is 0 Å². The predicted molar refractivity (Wildman–Crippen MR) is 85.2 cm³/mol. The Morgan fingerprint density at radius 2 is 2.23 bits per heavy atom. The number of carbonyl (C=O) groups is 1. The van der Waals surface area contributed by atoms with Crippen molar-refractivity contribution in [3.8, 4) is 0 Å². The van der Waals surface area contributed by atoms with Gasteiger partial charge in [0.1, 0.15) is 0 Å². The van der Waals surface area contributed by atoms with Crippen molar-refractivity contribution in [2.45, 2.75) is 25.8 Å². The van der Waals surface area contributed by atoms with E-state index in [1.165, 1.54) is 10.9 Å². The number of likely N-dealkylation sites (tertiary alicyclic amines) is 1. The summed E-state index contributed by atoms with van der Waals surface area (Å²) in [6, 6.07) is 8.82. The summed E-state index contributed by atoms with van der Waals surface area (Å²) in [6.45, 7) is 2.37. The largest absolute Gasteiger partial charge is 0.331 e. The maximum atomic E-state index is 12.7. The first-order valence-electron chi connectivity index (χ1n) is 7.17. The Morgan fingerprint density at radius 1 is 1.41 bits per heavy atom. The molecular weight excluding hydrogens is 300 g/mol. The number of benzene rings is 1. The summed E-state index contributed by atoms with van der Waals surface area (Å²) in [5, 5.41) is 13.1. The highest BCUT2D eigenvalue weighted by Crippen LogP contribution is 2.35. The number of rotatable bonds is 3. The fourth-order valence-corrected chi connectivity index (χ4v) is 3.76. The second-order valence-electron chi connectivity index (χ2n) is 5.43. The molecule has 1 aliphatic rings. The van der Waals surface area contributed by atoms with Crippen LogP contribution in [0.4, 0.5) is 5.69 Å². The Kier molecular flexibility index (Phi) is 3.94. The molecule has 0 saturated carbocycles. The standard InChI is InChI=1S/C16H16N2O3S/c1-11-6-7-12(10-14(11)18(20)21)16(19)17-8-2-4-13(17)15-5-3-9-22-15/h3,5-7,9-10,13H,2,4,8H2,1H3/t13-/m0/s1. The number of nitro groups is 1. The maximum absolute atomic E-state index is 12.7. The van der Waals surface area contributed by atoms with Crippen LogP contribution in [0.3, 0.4) is 0 Å². The minimum absolute atomic E-state index is 0.00211. The van der Waals surface area contributed by atoms with Crippen molar-refractivity contribution in [2.75, 3.05) is 6.54 Å². The van der Waals surface area contributed by atoms with Gasteiger partial charge in [0.15, 0.2) is 0 Å². The molecule has 2 heterocycles. The van der Waals surface area contributed by atoms with Crippen molar-refractivity contribution in [3.05, 3.63) is 61.8 Å². The molecule has 6 heteroatoms. The molecule has 5 nitrogen and oxygen atoms in total. The molecule has 1 fully saturated rings. The third-order valence-electron chi connectivity index (χ3n) is 4.04. The molecule has 0 radical (unpaired) electrons. The van der Waals surface area contributed by atoms with E-state index in [0.29, 0.717) is 17.7 Å². The highest BCUT2D eigenvalue weighted by atomic mass is 32.1. The number of hydrogen-bond donors (Lipinski definition) is 0. The summed E-state index contributed by atoms with van der Waals surface area (Å²) in [5.74, 6) is -0.126. The molecule has 0 bridgehead atoms. The highest BCUT2D eigenvalue weighted by molar-refractivity contribution is 7.10. The van der Waals surface area contributed by atoms with Gasteiger partial charge in [0, 0.05) is 28.6 Å². The average Bonchev–Trinajstić information content (AvgIpc) is 3.17. The second-order valence-corrected chi connectivity index (χ2v) is 6.41. The number of thiophene rings is 1. The smallest absolute Gasteiger partial charge is 0.273 e. The molecule has 1 atom stereocenters. The third-order valence-corrected chi connectivity index (χ3v) is 5.01. The SMILES string of the molecule is Cc1ccc(C(=O)N2CCC[C@H]2c2cccs2)cc1[N+](=O)[O-]. The van der Waals surface area contributed by atoms with Crippen molar-refractivity contribution in [2.24, 2.45) is 0 Å². The number of nitro benzene ring substituents is 1. The number of carbonyl (C=O) groups excluding carboxylic acids is 1. The number of aryl methyl sites for hydroxylation is 1. The zero-order valence-electron chi connectivity index (χ0n) is 12.2. The van der Waals surface area contributed by atoms with Gasteiger partial charge in [-0.05, 0) is 37.3 Å². The van der Waals surface area contributed by atoms with Crippen molar-refractivity contribution >= 4 is 22.9 Å². The average molecular weight is 316 g/mol. The van der Waals surface area contributed by atoms with Gasteiger partial charge in [-0.2, -0.15) is 0 Å². The summed E-state index contributed by atoms with van der Waals surface area (Å²) in [6.07, 6.45) is 1.91. The van der Waals surface area contributed by atoms with E-state index in [1.54, 1.807) is 30.4 Å². The number of amides is 1. The van der Waals surface area contributed by atoms with Gasteiger partial charge < -0.3 is 4.90 Å². The molecular formula is C16H16N2O3S. The van der Waals surface area contributed by atoms with Crippen LogP contribution in [0.1, 0.15) is 39.7 Å². The highest BCUT2D eigenvalue weighted by Gasteiger charge is 2.31. The molecule has 22 heavy (non-hydrogen) atoms. The lowest BCUT2D eigenvalue weighted by molar-refractivity contribution is -0.385. The summed E-state index contributed by atoms with van der Waals surface area (Å²) >= 11 is 1.64. The Balaban J connectivity index is 1.90. The lowest BCUT2D eigenvalue weighted by atomic mass is 10.1. The van der Waals surface area contributed by atoms with Crippen LogP contribution in [-0.2, 0) is 0 Å². The van der Waals surface area contributed by atoms with Gasteiger partial charge in [-0.3, -0.25) is 14.9 Å². The van der Waals surface area contributed by atoms with Crippen LogP contribution >= 0.6 is 11.3 Å². The lowest BCUT2D eigenvalue weighted by Gasteiger charge is -2.24. The second kappa shape index (κ2) is 5.88. The monoisotopic (exact) mass is 316 g/mol. The maximum Gasteiger partial charge on any atom is 0.273 e. The first-order valence-corrected chi connectivity index (χ1v) is 8.05. The van der Waals surface area contributed by atoms with Crippen LogP contribution in [0, 0.1) is 17.0 Å². The minimum atomic E-state index is -0.438. The lowest BCUT2D eigenvalue weighted by Crippen LogP contribution is -2.30. The van der Waals surface area contributed by atoms with Crippen LogP contribution < -0.4 is 0 Å². The normalized spacial score (nSPS) is 17.7. The number of nitrogens with zero attached hydrogens (tertiary/aromatic N) is 2. The summed E-state index contributed by atoms with van der Waals surface area (Å²) in [5.41, 5.74) is 0.955. The third kappa shape index (κ3) is 2.62. The zero-order valence-corrected chi connectivity index (χ0v) is 13.0. The molecule has 0 N–H and O–H groups in total. The van der Waals surface area contributed by atoms with E-state index in [4.69, 9.17) is 0 Å². The van der Waals surface area contributed by atoms with E-state index in [0.717, 1.165) is 12.8 Å². The van der Waals surface area contributed by atoms with E-state index >= 15 is 0 Å². The number of hydrogen-bond acceptors (Lipinski definition) is 4. The van der Waals surface area contributed by atoms with E-state index < -0.39 is 4.92 Å². The van der Waals surface area contributed by atoms with Crippen LogP contribution in [-0.4, -0.2) is 22.3 Å². The van der Waals surface area contributed by atoms with Crippen molar-refractivity contribution < 1.29 is 9.72 Å². The fourth-order valence-electron chi connectivity index (χ4n) is 2.89. The molecule has 0 spiro atoms. The van der Waals surface area contributed by atoms with E-state index in [2.05, 4.69) is 0 Å². The van der Waals surface area contributed by atoms with Gasteiger partial charge in [0.2, 0.25) is 0 Å². The van der Waals surface area contributed by atoms with Crippen LogP contribution in [0.15, 0.2) is 35.7 Å². The van der Waals surface area contributed by atoms with Gasteiger partial charge in [0.25, 0.3) is 11.6 Å². The molecule has 3 rings (SSSR count). The van der Waals surface area contributed by atoms with Gasteiger partial charge in [0.05, 0.1) is 11.0 Å². The Labute approximate surface area is 132 Å². The minimum Gasteiger partial charge on any atom is -0.331 e. The molecule has 0 aliphatic carbocycles. The van der Waals surface area contributed by atoms with Gasteiger partial charge in [-0.1, -0.05) is 12.1 Å². The molecule has 1 saturated heterocycles. The first-order chi connectivity index (χ1) is 10.6. The van der Waals surface area contributed by atoms with Crippen LogP contribution in [0.25, 0.3) is 0 Å². The van der Waals surface area contributed by atoms with Gasteiger partial charge in [-0.15, -0.1) is 11.3 Å². The summed E-state index contributed by atoms with van der Waals surface area (Å²) in [4.78, 5) is 26.4. The predicted octanol–water partition coefficient (Wildman–Crippen LogP) is 3.94.